The van der Waals surface area contributed by atoms with Gasteiger partial charge in [-0.05, 0) is 31.6 Å². The van der Waals surface area contributed by atoms with Crippen LogP contribution < -0.4 is 0 Å². The van der Waals surface area contributed by atoms with Gasteiger partial charge in [-0.25, -0.2) is 0 Å². The molecule has 1 aliphatic heterocycles. The summed E-state index contributed by atoms with van der Waals surface area (Å²) in [5, 5.41) is 9.24. The molecule has 0 aromatic carbocycles. The second-order valence-electron chi connectivity index (χ2n) is 5.87. The number of likely N-dealkylation sites (tertiary alicyclic amines) is 1. The van der Waals surface area contributed by atoms with E-state index in [9.17, 15) is 14.7 Å². The molecule has 1 saturated heterocycles. The molecule has 0 radical (unpaired) electrons. The van der Waals surface area contributed by atoms with Crippen LogP contribution in [0.2, 0.25) is 0 Å². The first-order chi connectivity index (χ1) is 8.59. The van der Waals surface area contributed by atoms with Crippen LogP contribution in [0.3, 0.4) is 0 Å². The monoisotopic (exact) mass is 253 g/mol. The molecule has 1 heterocycles. The summed E-state index contributed by atoms with van der Waals surface area (Å²) in [4.78, 5) is 25.6. The first-order valence-electron chi connectivity index (χ1n) is 7.11. The quantitative estimate of drug-likeness (QED) is 0.820. The van der Waals surface area contributed by atoms with Gasteiger partial charge in [-0.2, -0.15) is 0 Å². The number of carboxylic acid groups (broad SMARTS) is 1. The summed E-state index contributed by atoms with van der Waals surface area (Å²) >= 11 is 0. The van der Waals surface area contributed by atoms with Gasteiger partial charge in [-0.15, -0.1) is 0 Å². The van der Waals surface area contributed by atoms with Gasteiger partial charge < -0.3 is 10.0 Å². The van der Waals surface area contributed by atoms with Gasteiger partial charge in [0.05, 0.1) is 11.8 Å². The van der Waals surface area contributed by atoms with E-state index in [-0.39, 0.29) is 11.8 Å². The zero-order valence-corrected chi connectivity index (χ0v) is 11.1. The molecule has 0 aromatic rings. The second-order valence-corrected chi connectivity index (χ2v) is 5.87. The molecule has 102 valence electrons. The highest BCUT2D eigenvalue weighted by atomic mass is 16.4. The number of amides is 1. The average molecular weight is 253 g/mol. The molecule has 0 bridgehead atoms. The number of piperidine rings is 1. The maximum atomic E-state index is 12.5. The third-order valence-electron chi connectivity index (χ3n) is 4.37. The zero-order chi connectivity index (χ0) is 13.1. The van der Waals surface area contributed by atoms with Crippen molar-refractivity contribution in [1.29, 1.82) is 0 Å². The Morgan fingerprint density at radius 2 is 1.72 bits per heavy atom. The van der Waals surface area contributed by atoms with Crippen LogP contribution in [0, 0.1) is 17.8 Å². The normalized spacial score (nSPS) is 33.2. The van der Waals surface area contributed by atoms with E-state index >= 15 is 0 Å². The van der Waals surface area contributed by atoms with Crippen molar-refractivity contribution in [1.82, 2.24) is 4.90 Å². The highest BCUT2D eigenvalue weighted by molar-refractivity contribution is 5.85. The summed E-state index contributed by atoms with van der Waals surface area (Å²) in [6.45, 7) is 3.78. The van der Waals surface area contributed by atoms with Gasteiger partial charge in [0.25, 0.3) is 0 Å². The minimum atomic E-state index is -0.793. The predicted octanol–water partition coefficient (Wildman–Crippen LogP) is 2.14. The lowest BCUT2D eigenvalue weighted by Crippen LogP contribution is -2.46. The van der Waals surface area contributed by atoms with E-state index in [0.717, 1.165) is 38.8 Å². The fraction of sp³-hybridized carbons (Fsp3) is 0.857. The van der Waals surface area contributed by atoms with Crippen LogP contribution in [-0.4, -0.2) is 35.0 Å². The molecule has 1 aliphatic carbocycles. The number of carbonyl (C=O) groups excluding carboxylic acids is 1. The fourth-order valence-electron chi connectivity index (χ4n) is 3.35. The lowest BCUT2D eigenvalue weighted by Gasteiger charge is -2.36. The molecule has 0 spiro atoms. The second kappa shape index (κ2) is 5.72. The third-order valence-corrected chi connectivity index (χ3v) is 4.37. The van der Waals surface area contributed by atoms with Crippen LogP contribution in [0.25, 0.3) is 0 Å². The first-order valence-corrected chi connectivity index (χ1v) is 7.11. The van der Waals surface area contributed by atoms with Gasteiger partial charge in [0.15, 0.2) is 0 Å². The van der Waals surface area contributed by atoms with Gasteiger partial charge >= 0.3 is 5.97 Å². The fourth-order valence-corrected chi connectivity index (χ4v) is 3.35. The minimum Gasteiger partial charge on any atom is -0.481 e. The number of carboxylic acids is 1. The molecule has 4 heteroatoms. The number of aliphatic carboxylic acids is 1. The predicted molar refractivity (Wildman–Crippen MR) is 68.1 cm³/mol. The molecule has 1 saturated carbocycles. The third kappa shape index (κ3) is 2.85. The van der Waals surface area contributed by atoms with Crippen LogP contribution >= 0.6 is 0 Å². The van der Waals surface area contributed by atoms with Crippen molar-refractivity contribution in [2.75, 3.05) is 13.1 Å². The van der Waals surface area contributed by atoms with Crippen molar-refractivity contribution in [2.45, 2.75) is 45.4 Å². The zero-order valence-electron chi connectivity index (χ0n) is 11.1. The molecule has 1 N–H and O–H groups in total. The Morgan fingerprint density at radius 3 is 2.33 bits per heavy atom. The van der Waals surface area contributed by atoms with E-state index in [2.05, 4.69) is 6.92 Å². The van der Waals surface area contributed by atoms with Crippen LogP contribution in [0.4, 0.5) is 0 Å². The topological polar surface area (TPSA) is 57.6 Å². The molecular formula is C14H23NO3. The molecule has 1 amide bonds. The summed E-state index contributed by atoms with van der Waals surface area (Å²) in [6, 6.07) is 0. The molecule has 4 nitrogen and oxygen atoms in total. The van der Waals surface area contributed by atoms with Gasteiger partial charge in [-0.1, -0.05) is 19.8 Å². The van der Waals surface area contributed by atoms with Crippen molar-refractivity contribution < 1.29 is 14.7 Å². The summed E-state index contributed by atoms with van der Waals surface area (Å²) in [5.41, 5.74) is 0. The Hall–Kier alpha value is -1.06. The number of rotatable bonds is 2. The number of carbonyl (C=O) groups is 2. The van der Waals surface area contributed by atoms with Crippen molar-refractivity contribution in [3.05, 3.63) is 0 Å². The van der Waals surface area contributed by atoms with E-state index in [0.29, 0.717) is 12.3 Å². The lowest BCUT2D eigenvalue weighted by molar-refractivity contribution is -0.153. The van der Waals surface area contributed by atoms with Gasteiger partial charge in [0.1, 0.15) is 0 Å². The minimum absolute atomic E-state index is 0.0913. The Balaban J connectivity index is 2.03. The van der Waals surface area contributed by atoms with Crippen molar-refractivity contribution >= 4 is 11.9 Å². The van der Waals surface area contributed by atoms with Crippen LogP contribution in [0.5, 0.6) is 0 Å². The Bertz CT molecular complexity index is 329. The summed E-state index contributed by atoms with van der Waals surface area (Å²) in [6.07, 6.45) is 5.57. The highest BCUT2D eigenvalue weighted by Crippen LogP contribution is 2.32. The maximum absolute atomic E-state index is 12.5. The van der Waals surface area contributed by atoms with Gasteiger partial charge in [0.2, 0.25) is 5.91 Å². The van der Waals surface area contributed by atoms with E-state index in [4.69, 9.17) is 0 Å². The number of hydrogen-bond donors (Lipinski definition) is 1. The summed E-state index contributed by atoms with van der Waals surface area (Å²) < 4.78 is 0. The van der Waals surface area contributed by atoms with Crippen molar-refractivity contribution in [3.63, 3.8) is 0 Å². The highest BCUT2D eigenvalue weighted by Gasteiger charge is 2.38. The average Bonchev–Trinajstić information content (AvgIpc) is 2.38. The SMILES string of the molecule is C[C@@H]1CCCN(C(=O)[C@@H]2CCCC[C@H]2C(=O)O)C1. The van der Waals surface area contributed by atoms with Gasteiger partial charge in [-0.3, -0.25) is 9.59 Å². The number of hydrogen-bond acceptors (Lipinski definition) is 2. The molecular weight excluding hydrogens is 230 g/mol. The molecule has 0 unspecified atom stereocenters. The van der Waals surface area contributed by atoms with Gasteiger partial charge in [0, 0.05) is 13.1 Å². The van der Waals surface area contributed by atoms with E-state index in [1.54, 1.807) is 0 Å². The van der Waals surface area contributed by atoms with E-state index in [1.165, 1.54) is 6.42 Å². The maximum Gasteiger partial charge on any atom is 0.307 e. The Labute approximate surface area is 108 Å². The smallest absolute Gasteiger partial charge is 0.307 e. The van der Waals surface area contributed by atoms with Crippen LogP contribution in [0.1, 0.15) is 45.4 Å². The molecule has 2 aliphatic rings. The van der Waals surface area contributed by atoms with E-state index in [1.807, 2.05) is 4.90 Å². The molecule has 2 fully saturated rings. The lowest BCUT2D eigenvalue weighted by atomic mass is 9.78. The molecule has 18 heavy (non-hydrogen) atoms. The number of nitrogens with zero attached hydrogens (tertiary/aromatic N) is 1. The summed E-state index contributed by atoms with van der Waals surface area (Å²) in [7, 11) is 0. The standard InChI is InChI=1S/C14H23NO3/c1-10-5-4-8-15(9-10)13(16)11-6-2-3-7-12(11)14(17)18/h10-12H,2-9H2,1H3,(H,17,18)/t10-,11-,12-/m1/s1. The largest absolute Gasteiger partial charge is 0.481 e. The molecule has 3 atom stereocenters. The van der Waals surface area contributed by atoms with E-state index < -0.39 is 11.9 Å². The van der Waals surface area contributed by atoms with Crippen molar-refractivity contribution in [3.8, 4) is 0 Å². The Morgan fingerprint density at radius 1 is 1.06 bits per heavy atom. The van der Waals surface area contributed by atoms with Crippen LogP contribution in [0.15, 0.2) is 0 Å². The first kappa shape index (κ1) is 13.4. The molecule has 0 aromatic heterocycles. The van der Waals surface area contributed by atoms with Crippen LogP contribution in [-0.2, 0) is 9.59 Å². The Kier molecular flexibility index (Phi) is 4.25. The van der Waals surface area contributed by atoms with Crippen molar-refractivity contribution in [2.24, 2.45) is 17.8 Å². The summed E-state index contributed by atoms with van der Waals surface area (Å²) in [5.74, 6) is -0.883. The molecule has 2 rings (SSSR count).